The van der Waals surface area contributed by atoms with E-state index in [0.29, 0.717) is 18.9 Å². The zero-order valence-corrected chi connectivity index (χ0v) is 19.3. The van der Waals surface area contributed by atoms with E-state index in [1.54, 1.807) is 0 Å². The van der Waals surface area contributed by atoms with Gasteiger partial charge in [-0.1, -0.05) is 0 Å². The molecule has 3 aromatic rings. The van der Waals surface area contributed by atoms with Gasteiger partial charge in [0, 0.05) is 61.9 Å². The van der Waals surface area contributed by atoms with Gasteiger partial charge in [0.05, 0.1) is 17.1 Å². The van der Waals surface area contributed by atoms with Crippen LogP contribution >= 0.6 is 0 Å². The van der Waals surface area contributed by atoms with Gasteiger partial charge in [-0.25, -0.2) is 19.8 Å². The summed E-state index contributed by atoms with van der Waals surface area (Å²) in [7, 11) is 3.76. The molecule has 35 heavy (non-hydrogen) atoms. The zero-order valence-electron chi connectivity index (χ0n) is 19.3. The highest BCUT2D eigenvalue weighted by molar-refractivity contribution is 5.86. The number of hydrazine groups is 1. The number of hydrogen-bond donors (Lipinski definition) is 2. The van der Waals surface area contributed by atoms with Crippen molar-refractivity contribution >= 4 is 16.7 Å². The summed E-state index contributed by atoms with van der Waals surface area (Å²) in [6.45, 7) is 0. The quantitative estimate of drug-likeness (QED) is 0.480. The van der Waals surface area contributed by atoms with Crippen LogP contribution < -0.4 is 15.5 Å². The Kier molecular flexibility index (Phi) is 6.04. The number of aromatic nitrogens is 3. The molecule has 1 atom stereocenters. The Balaban J connectivity index is 1.35. The molecule has 1 aliphatic heterocycles. The Labute approximate surface area is 199 Å². The minimum Gasteiger partial charge on any atom is -0.472 e. The molecule has 2 aliphatic rings. The molecule has 0 bridgehead atoms. The molecule has 0 saturated heterocycles. The number of nitrogens with zero attached hydrogens (tertiary/aromatic N) is 4. The van der Waals surface area contributed by atoms with Gasteiger partial charge in [-0.2, -0.15) is 13.2 Å². The summed E-state index contributed by atoms with van der Waals surface area (Å²) in [5.74, 6) is -1.29. The highest BCUT2D eigenvalue weighted by atomic mass is 19.4. The lowest BCUT2D eigenvalue weighted by Crippen LogP contribution is -2.27. The van der Waals surface area contributed by atoms with Crippen LogP contribution in [0.4, 0.5) is 23.4 Å². The second-order valence-electron chi connectivity index (χ2n) is 8.91. The van der Waals surface area contributed by atoms with Gasteiger partial charge >= 0.3 is 6.18 Å². The van der Waals surface area contributed by atoms with Gasteiger partial charge in [0.15, 0.2) is 5.82 Å². The van der Waals surface area contributed by atoms with E-state index < -0.39 is 29.5 Å². The molecule has 11 heteroatoms. The van der Waals surface area contributed by atoms with E-state index in [1.165, 1.54) is 0 Å². The molecule has 0 radical (unpaired) electrons. The van der Waals surface area contributed by atoms with E-state index in [4.69, 9.17) is 4.74 Å². The van der Waals surface area contributed by atoms with Crippen molar-refractivity contribution in [3.63, 3.8) is 0 Å². The highest BCUT2D eigenvalue weighted by Crippen LogP contribution is 2.39. The van der Waals surface area contributed by atoms with Crippen molar-refractivity contribution in [2.75, 3.05) is 19.4 Å². The van der Waals surface area contributed by atoms with Crippen molar-refractivity contribution in [2.45, 2.75) is 50.0 Å². The average molecular weight is 491 g/mol. The Morgan fingerprint density at radius 1 is 1.17 bits per heavy atom. The van der Waals surface area contributed by atoms with Crippen LogP contribution in [0.1, 0.15) is 48.9 Å². The Hall–Kier alpha value is -3.34. The number of nitrogens with one attached hydrogen (secondary N) is 2. The minimum atomic E-state index is -4.80. The summed E-state index contributed by atoms with van der Waals surface area (Å²) in [6, 6.07) is 2.83. The fourth-order valence-corrected chi connectivity index (χ4v) is 4.87. The Morgan fingerprint density at radius 3 is 2.60 bits per heavy atom. The molecule has 1 fully saturated rings. The molecule has 3 aromatic heterocycles. The van der Waals surface area contributed by atoms with Crippen LogP contribution in [0, 0.1) is 5.82 Å². The number of rotatable bonds is 5. The average Bonchev–Trinajstić information content (AvgIpc) is 3.43. The molecule has 5 rings (SSSR count). The number of hydrogen-bond acceptors (Lipinski definition) is 6. The lowest BCUT2D eigenvalue weighted by Gasteiger charge is -2.30. The van der Waals surface area contributed by atoms with E-state index >= 15 is 0 Å². The molecular formula is C24H26F4N6O. The van der Waals surface area contributed by atoms with E-state index in [0.717, 1.165) is 41.3 Å². The van der Waals surface area contributed by atoms with E-state index in [9.17, 15) is 17.6 Å². The topological polar surface area (TPSA) is 67.2 Å². The summed E-state index contributed by atoms with van der Waals surface area (Å²) in [5, 5.41) is 6.05. The van der Waals surface area contributed by atoms with E-state index in [1.807, 2.05) is 37.6 Å². The first-order chi connectivity index (χ1) is 16.7. The van der Waals surface area contributed by atoms with E-state index in [2.05, 4.69) is 37.6 Å². The van der Waals surface area contributed by atoms with Crippen LogP contribution in [0.5, 0.6) is 5.88 Å². The maximum Gasteiger partial charge on any atom is 0.419 e. The first-order valence-electron chi connectivity index (χ1n) is 11.5. The number of anilines is 1. The summed E-state index contributed by atoms with van der Waals surface area (Å²) < 4.78 is 61.2. The van der Waals surface area contributed by atoms with Crippen LogP contribution in [0.15, 0.2) is 43.0 Å². The lowest BCUT2D eigenvalue weighted by molar-refractivity contribution is -0.140. The van der Waals surface area contributed by atoms with Crippen molar-refractivity contribution in [3.8, 4) is 5.88 Å². The van der Waals surface area contributed by atoms with Gasteiger partial charge in [0.25, 0.3) is 5.88 Å². The largest absolute Gasteiger partial charge is 0.472 e. The first kappa shape index (κ1) is 23.4. The maximum atomic E-state index is 14.4. The van der Waals surface area contributed by atoms with Crippen LogP contribution in [0.2, 0.25) is 0 Å². The van der Waals surface area contributed by atoms with Gasteiger partial charge < -0.3 is 19.6 Å². The van der Waals surface area contributed by atoms with Crippen LogP contribution in [-0.4, -0.2) is 39.7 Å². The molecule has 186 valence electrons. The fourth-order valence-electron chi connectivity index (χ4n) is 4.87. The third kappa shape index (κ3) is 4.52. The summed E-state index contributed by atoms with van der Waals surface area (Å²) in [4.78, 5) is 8.20. The Bertz CT molecular complexity index is 1250. The zero-order chi connectivity index (χ0) is 24.7. The maximum absolute atomic E-state index is 14.4. The normalized spacial score (nSPS) is 22.7. The second-order valence-corrected chi connectivity index (χ2v) is 8.91. The predicted octanol–water partition coefficient (Wildman–Crippen LogP) is 5.20. The molecule has 2 N–H and O–H groups in total. The van der Waals surface area contributed by atoms with Crippen molar-refractivity contribution in [3.05, 3.63) is 59.9 Å². The number of alkyl halides is 3. The number of halogens is 4. The molecule has 0 aromatic carbocycles. The van der Waals surface area contributed by atoms with Crippen molar-refractivity contribution in [1.82, 2.24) is 25.0 Å². The number of pyridine rings is 2. The SMILES string of the molecule is CNc1cc2c(cn1)c(C1C=CN(C)N1)cn2C1CCC(Oc2nccc(C(F)(F)F)c2F)CC1. The molecule has 1 saturated carbocycles. The smallest absolute Gasteiger partial charge is 0.419 e. The molecule has 4 heterocycles. The lowest BCUT2D eigenvalue weighted by atomic mass is 9.92. The van der Waals surface area contributed by atoms with Crippen molar-refractivity contribution in [1.29, 1.82) is 0 Å². The Morgan fingerprint density at radius 2 is 1.94 bits per heavy atom. The van der Waals surface area contributed by atoms with Gasteiger partial charge in [0.1, 0.15) is 11.9 Å². The summed E-state index contributed by atoms with van der Waals surface area (Å²) in [6.07, 6.45) is 6.44. The monoisotopic (exact) mass is 490 g/mol. The molecule has 0 amide bonds. The van der Waals surface area contributed by atoms with Crippen LogP contribution in [-0.2, 0) is 6.18 Å². The summed E-state index contributed by atoms with van der Waals surface area (Å²) in [5.41, 5.74) is 4.19. The van der Waals surface area contributed by atoms with E-state index in [-0.39, 0.29) is 12.1 Å². The first-order valence-corrected chi connectivity index (χ1v) is 11.5. The molecule has 1 aliphatic carbocycles. The molecule has 7 nitrogen and oxygen atoms in total. The van der Waals surface area contributed by atoms with Crippen LogP contribution in [0.3, 0.4) is 0 Å². The van der Waals surface area contributed by atoms with Crippen LogP contribution in [0.25, 0.3) is 10.9 Å². The van der Waals surface area contributed by atoms with Gasteiger partial charge in [0.2, 0.25) is 0 Å². The number of ether oxygens (including phenoxy) is 1. The number of fused-ring (bicyclic) bond motifs is 1. The molecule has 0 spiro atoms. The third-order valence-electron chi connectivity index (χ3n) is 6.66. The molecule has 1 unspecified atom stereocenters. The predicted molar refractivity (Wildman–Crippen MR) is 123 cm³/mol. The standard InChI is InChI=1S/C24H26F4N6O/c1-29-21-11-20-16(12-31-21)17(19-8-10-33(2)32-19)13-34(20)14-3-5-15(6-4-14)35-23-22(25)18(7-9-30-23)24(26,27)28/h7-15,19,32H,3-6H2,1-2H3,(H,29,31). The fraction of sp³-hybridized carbons (Fsp3) is 0.417. The van der Waals surface area contributed by atoms with Gasteiger partial charge in [-0.05, 0) is 37.8 Å². The van der Waals surface area contributed by atoms with Gasteiger partial charge in [-0.15, -0.1) is 0 Å². The minimum absolute atomic E-state index is 0.0283. The molecular weight excluding hydrogens is 464 g/mol. The second kappa shape index (κ2) is 9.03. The van der Waals surface area contributed by atoms with Gasteiger partial charge in [-0.3, -0.25) is 0 Å². The highest BCUT2D eigenvalue weighted by Gasteiger charge is 2.36. The van der Waals surface area contributed by atoms with Crippen molar-refractivity contribution < 1.29 is 22.3 Å². The van der Waals surface area contributed by atoms with Crippen molar-refractivity contribution in [2.24, 2.45) is 0 Å². The third-order valence-corrected chi connectivity index (χ3v) is 6.66. The summed E-state index contributed by atoms with van der Waals surface area (Å²) >= 11 is 0.